The van der Waals surface area contributed by atoms with Gasteiger partial charge >= 0.3 is 0 Å². The Hall–Kier alpha value is -1.95. The van der Waals surface area contributed by atoms with Crippen molar-refractivity contribution in [2.75, 3.05) is 6.54 Å². The molecule has 1 aromatic rings. The van der Waals surface area contributed by atoms with E-state index in [1.807, 2.05) is 0 Å². The average molecular weight is 277 g/mol. The zero-order chi connectivity index (χ0) is 14.5. The Balaban J connectivity index is 1.80. The van der Waals surface area contributed by atoms with Gasteiger partial charge in [0, 0.05) is 24.2 Å². The Bertz CT molecular complexity index is 500. The Morgan fingerprint density at radius 1 is 1.45 bits per heavy atom. The van der Waals surface area contributed by atoms with Gasteiger partial charge in [0.1, 0.15) is 0 Å². The van der Waals surface area contributed by atoms with E-state index in [9.17, 15) is 14.9 Å². The minimum atomic E-state index is -0.376. The molecule has 0 aliphatic heterocycles. The van der Waals surface area contributed by atoms with Crippen LogP contribution in [0.4, 0.5) is 5.69 Å². The smallest absolute Gasteiger partial charge is 0.272 e. The number of nitrogens with zero attached hydrogens (tertiary/aromatic N) is 1. The van der Waals surface area contributed by atoms with Crippen molar-refractivity contribution >= 4 is 11.6 Å². The van der Waals surface area contributed by atoms with Crippen LogP contribution in [0.5, 0.6) is 0 Å². The van der Waals surface area contributed by atoms with Crippen molar-refractivity contribution in [3.8, 4) is 0 Å². The van der Waals surface area contributed by atoms with Crippen LogP contribution < -0.4 is 10.6 Å². The van der Waals surface area contributed by atoms with Gasteiger partial charge in [0.25, 0.3) is 5.69 Å². The predicted octanol–water partition coefficient (Wildman–Crippen LogP) is 1.39. The van der Waals surface area contributed by atoms with Crippen molar-refractivity contribution in [1.29, 1.82) is 0 Å². The lowest BCUT2D eigenvalue weighted by atomic mass is 10.1. The molecule has 0 spiro atoms. The summed E-state index contributed by atoms with van der Waals surface area (Å²) >= 11 is 0. The minimum absolute atomic E-state index is 0.00457. The second-order valence-electron chi connectivity index (χ2n) is 5.09. The molecule has 6 nitrogen and oxygen atoms in total. The summed E-state index contributed by atoms with van der Waals surface area (Å²) in [6.45, 7) is 2.33. The lowest BCUT2D eigenvalue weighted by Crippen LogP contribution is -2.43. The summed E-state index contributed by atoms with van der Waals surface area (Å²) < 4.78 is 0. The molecule has 0 aromatic heterocycles. The summed E-state index contributed by atoms with van der Waals surface area (Å²) in [4.78, 5) is 22.2. The topological polar surface area (TPSA) is 84.3 Å². The van der Waals surface area contributed by atoms with E-state index in [0.29, 0.717) is 24.6 Å². The van der Waals surface area contributed by atoms with Crippen LogP contribution in [0.25, 0.3) is 0 Å². The quantitative estimate of drug-likeness (QED) is 0.582. The second-order valence-corrected chi connectivity index (χ2v) is 5.09. The molecule has 2 N–H and O–H groups in total. The molecule has 1 aliphatic carbocycles. The van der Waals surface area contributed by atoms with E-state index in [4.69, 9.17) is 0 Å². The number of nitro groups is 1. The molecule has 0 bridgehead atoms. The molecule has 1 saturated carbocycles. The summed E-state index contributed by atoms with van der Waals surface area (Å²) in [6, 6.07) is 6.75. The van der Waals surface area contributed by atoms with Crippen LogP contribution in [-0.4, -0.2) is 29.5 Å². The zero-order valence-electron chi connectivity index (χ0n) is 11.5. The van der Waals surface area contributed by atoms with Gasteiger partial charge in [-0.2, -0.15) is 0 Å². The molecule has 2 rings (SSSR count). The van der Waals surface area contributed by atoms with Gasteiger partial charge in [-0.1, -0.05) is 18.2 Å². The van der Waals surface area contributed by atoms with Crippen molar-refractivity contribution < 1.29 is 9.72 Å². The van der Waals surface area contributed by atoms with Crippen LogP contribution in [-0.2, 0) is 11.2 Å². The highest BCUT2D eigenvalue weighted by molar-refractivity contribution is 5.81. The van der Waals surface area contributed by atoms with Crippen LogP contribution in [0.15, 0.2) is 24.3 Å². The number of hydrogen-bond acceptors (Lipinski definition) is 4. The Morgan fingerprint density at radius 3 is 2.80 bits per heavy atom. The molecule has 20 heavy (non-hydrogen) atoms. The van der Waals surface area contributed by atoms with Crippen molar-refractivity contribution in [2.45, 2.75) is 38.3 Å². The first-order valence-corrected chi connectivity index (χ1v) is 6.84. The van der Waals surface area contributed by atoms with Crippen LogP contribution >= 0.6 is 0 Å². The molecule has 0 heterocycles. The third-order valence-corrected chi connectivity index (χ3v) is 3.35. The highest BCUT2D eigenvalue weighted by atomic mass is 16.6. The van der Waals surface area contributed by atoms with E-state index in [-0.39, 0.29) is 22.6 Å². The minimum Gasteiger partial charge on any atom is -0.352 e. The molecule has 6 heteroatoms. The lowest BCUT2D eigenvalue weighted by molar-refractivity contribution is -0.385. The fourth-order valence-electron chi connectivity index (χ4n) is 1.97. The molecule has 1 unspecified atom stereocenters. The van der Waals surface area contributed by atoms with E-state index in [2.05, 4.69) is 10.6 Å². The fourth-order valence-corrected chi connectivity index (χ4v) is 1.97. The van der Waals surface area contributed by atoms with Crippen LogP contribution in [0.2, 0.25) is 0 Å². The third-order valence-electron chi connectivity index (χ3n) is 3.35. The van der Waals surface area contributed by atoms with Crippen LogP contribution in [0, 0.1) is 10.1 Å². The van der Waals surface area contributed by atoms with E-state index in [1.165, 1.54) is 6.07 Å². The maximum atomic E-state index is 11.7. The number of carbonyl (C=O) groups is 1. The second kappa shape index (κ2) is 6.47. The van der Waals surface area contributed by atoms with Gasteiger partial charge in [-0.05, 0) is 26.2 Å². The Kier molecular flexibility index (Phi) is 4.68. The van der Waals surface area contributed by atoms with Gasteiger partial charge in [0.05, 0.1) is 11.0 Å². The standard InChI is InChI=1S/C14H19N3O3/c1-10(14(18)16-12-6-7-12)15-9-8-11-4-2-3-5-13(11)17(19)20/h2-5,10,12,15H,6-9H2,1H3,(H,16,18). The molecular formula is C14H19N3O3. The average Bonchev–Trinajstić information content (AvgIpc) is 3.22. The van der Waals surface area contributed by atoms with Crippen LogP contribution in [0.1, 0.15) is 25.3 Å². The lowest BCUT2D eigenvalue weighted by Gasteiger charge is -2.13. The number of amides is 1. The van der Waals surface area contributed by atoms with Crippen molar-refractivity contribution in [3.63, 3.8) is 0 Å². The summed E-state index contributed by atoms with van der Waals surface area (Å²) in [5.74, 6) is -0.00457. The number of hydrogen-bond donors (Lipinski definition) is 2. The van der Waals surface area contributed by atoms with Gasteiger partial charge in [-0.3, -0.25) is 14.9 Å². The van der Waals surface area contributed by atoms with E-state index in [0.717, 1.165) is 12.8 Å². The highest BCUT2D eigenvalue weighted by Gasteiger charge is 2.25. The molecule has 0 radical (unpaired) electrons. The molecule has 0 saturated heterocycles. The zero-order valence-corrected chi connectivity index (χ0v) is 11.5. The number of benzene rings is 1. The summed E-state index contributed by atoms with van der Waals surface area (Å²) in [6.07, 6.45) is 2.65. The molecule has 1 aliphatic rings. The highest BCUT2D eigenvalue weighted by Crippen LogP contribution is 2.19. The first-order valence-electron chi connectivity index (χ1n) is 6.84. The largest absolute Gasteiger partial charge is 0.352 e. The van der Waals surface area contributed by atoms with Gasteiger partial charge in [0.15, 0.2) is 0 Å². The maximum Gasteiger partial charge on any atom is 0.272 e. The van der Waals surface area contributed by atoms with E-state index < -0.39 is 0 Å². The molecule has 1 aromatic carbocycles. The fraction of sp³-hybridized carbons (Fsp3) is 0.500. The van der Waals surface area contributed by atoms with Gasteiger partial charge in [0.2, 0.25) is 5.91 Å². The number of carbonyl (C=O) groups excluding carboxylic acids is 1. The number of para-hydroxylation sites is 1. The summed E-state index contributed by atoms with van der Waals surface area (Å²) in [7, 11) is 0. The van der Waals surface area contributed by atoms with E-state index >= 15 is 0 Å². The van der Waals surface area contributed by atoms with Crippen molar-refractivity contribution in [3.05, 3.63) is 39.9 Å². The van der Waals surface area contributed by atoms with Crippen molar-refractivity contribution in [1.82, 2.24) is 10.6 Å². The molecule has 108 valence electrons. The number of rotatable bonds is 7. The Labute approximate surface area is 117 Å². The van der Waals surface area contributed by atoms with Gasteiger partial charge < -0.3 is 10.6 Å². The maximum absolute atomic E-state index is 11.7. The van der Waals surface area contributed by atoms with Gasteiger partial charge in [-0.25, -0.2) is 0 Å². The number of nitrogens with one attached hydrogen (secondary N) is 2. The molecular weight excluding hydrogens is 258 g/mol. The first-order chi connectivity index (χ1) is 9.58. The predicted molar refractivity (Wildman–Crippen MR) is 75.4 cm³/mol. The SMILES string of the molecule is CC(NCCc1ccccc1[N+](=O)[O-])C(=O)NC1CC1. The van der Waals surface area contributed by atoms with Gasteiger partial charge in [-0.15, -0.1) is 0 Å². The summed E-state index contributed by atoms with van der Waals surface area (Å²) in [5.41, 5.74) is 0.809. The molecule has 1 fully saturated rings. The summed E-state index contributed by atoms with van der Waals surface area (Å²) in [5, 5.41) is 16.9. The monoisotopic (exact) mass is 277 g/mol. The molecule has 1 atom stereocenters. The number of nitro benzene ring substituents is 1. The normalized spacial score (nSPS) is 15.7. The van der Waals surface area contributed by atoms with E-state index in [1.54, 1.807) is 25.1 Å². The molecule has 1 amide bonds. The first kappa shape index (κ1) is 14.5. The van der Waals surface area contributed by atoms with Crippen molar-refractivity contribution in [2.24, 2.45) is 0 Å². The van der Waals surface area contributed by atoms with Crippen LogP contribution in [0.3, 0.4) is 0 Å². The third kappa shape index (κ3) is 4.03. The Morgan fingerprint density at radius 2 is 2.15 bits per heavy atom.